The molecule has 8 heteroatoms. The van der Waals surface area contributed by atoms with Gasteiger partial charge < -0.3 is 14.3 Å². The first-order chi connectivity index (χ1) is 11.7. The Morgan fingerprint density at radius 1 is 1.04 bits per heavy atom. The van der Waals surface area contributed by atoms with Gasteiger partial charge in [-0.3, -0.25) is 4.79 Å². The summed E-state index contributed by atoms with van der Waals surface area (Å²) in [5, 5.41) is 0. The van der Waals surface area contributed by atoms with Crippen molar-refractivity contribution in [3.63, 3.8) is 0 Å². The normalized spacial score (nSPS) is 7.33. The first-order valence-electron chi connectivity index (χ1n) is 7.21. The van der Waals surface area contributed by atoms with Gasteiger partial charge in [-0.15, -0.1) is 0 Å². The zero-order chi connectivity index (χ0) is 19.6. The number of hydrogen-bond donors (Lipinski definition) is 0. The fourth-order valence-electron chi connectivity index (χ4n) is 0.962. The SMILES string of the molecule is CCCC=O.CCOC.CCOc1cccc(C=O)c1.P=S.P=S. The molecule has 1 aromatic carbocycles. The third kappa shape index (κ3) is 29.4. The molecule has 24 heavy (non-hydrogen) atoms. The van der Waals surface area contributed by atoms with Crippen molar-refractivity contribution in [1.29, 1.82) is 0 Å². The van der Waals surface area contributed by atoms with Crippen molar-refractivity contribution in [2.24, 2.45) is 0 Å². The average molecular weight is 410 g/mol. The zero-order valence-corrected chi connectivity index (χ0v) is 18.4. The molecule has 0 spiro atoms. The van der Waals surface area contributed by atoms with Gasteiger partial charge in [0.15, 0.2) is 0 Å². The summed E-state index contributed by atoms with van der Waals surface area (Å²) in [7, 11) is 6.79. The lowest BCUT2D eigenvalue weighted by molar-refractivity contribution is -0.107. The minimum atomic E-state index is 0.627. The quantitative estimate of drug-likeness (QED) is 0.500. The highest BCUT2D eigenvalue weighted by Gasteiger charge is 1.92. The number of hydrogen-bond acceptors (Lipinski definition) is 6. The van der Waals surface area contributed by atoms with Crippen LogP contribution in [0.4, 0.5) is 0 Å². The van der Waals surface area contributed by atoms with E-state index in [9.17, 15) is 9.59 Å². The highest BCUT2D eigenvalue weighted by Crippen LogP contribution is 2.11. The molecule has 0 aliphatic rings. The van der Waals surface area contributed by atoms with E-state index < -0.39 is 0 Å². The molecule has 0 atom stereocenters. The van der Waals surface area contributed by atoms with Crippen LogP contribution in [0.3, 0.4) is 0 Å². The maximum atomic E-state index is 10.3. The summed E-state index contributed by atoms with van der Waals surface area (Å²) in [5.74, 6) is 0.747. The fraction of sp³-hybridized carbons (Fsp3) is 0.500. The van der Waals surface area contributed by atoms with E-state index in [4.69, 9.17) is 4.74 Å². The standard InChI is InChI=1S/C9H10O2.C4H8O.C3H8O.2HPS/c1-2-11-9-5-3-4-8(6-9)7-10;1-2-3-4-5;1-3-4-2;2*1-2/h3-7H,2H2,1H3;4H,2-3H2,1H3;3H2,1-2H3;2*1H. The van der Waals surface area contributed by atoms with Crippen molar-refractivity contribution in [2.45, 2.75) is 33.6 Å². The van der Waals surface area contributed by atoms with E-state index >= 15 is 0 Å². The smallest absolute Gasteiger partial charge is 0.150 e. The Hall–Kier alpha value is -0.640. The number of methoxy groups -OCH3 is 1. The Balaban J connectivity index is -0.000000130. The molecule has 0 saturated heterocycles. The first kappa shape index (κ1) is 31.2. The number of carbonyl (C=O) groups is 2. The minimum Gasteiger partial charge on any atom is -0.494 e. The predicted molar refractivity (Wildman–Crippen MR) is 113 cm³/mol. The summed E-state index contributed by atoms with van der Waals surface area (Å²) < 4.78 is 9.73. The Morgan fingerprint density at radius 3 is 1.88 bits per heavy atom. The third-order valence-corrected chi connectivity index (χ3v) is 2.00. The van der Waals surface area contributed by atoms with Crippen molar-refractivity contribution in [1.82, 2.24) is 0 Å². The summed E-state index contributed by atoms with van der Waals surface area (Å²) in [6.07, 6.45) is 3.42. The van der Waals surface area contributed by atoms with Gasteiger partial charge >= 0.3 is 0 Å². The van der Waals surface area contributed by atoms with E-state index in [2.05, 4.69) is 44.4 Å². The second kappa shape index (κ2) is 33.9. The van der Waals surface area contributed by atoms with Gasteiger partial charge in [0.25, 0.3) is 0 Å². The molecule has 0 saturated carbocycles. The van der Waals surface area contributed by atoms with Crippen LogP contribution >= 0.6 is 16.0 Å². The molecule has 0 amide bonds. The van der Waals surface area contributed by atoms with Crippen molar-refractivity contribution < 1.29 is 19.1 Å². The lowest BCUT2D eigenvalue weighted by Crippen LogP contribution is -1.91. The second-order valence-corrected chi connectivity index (χ2v) is 3.66. The Kier molecular flexibility index (Phi) is 44.0. The summed E-state index contributed by atoms with van der Waals surface area (Å²) in [6, 6.07) is 7.09. The second-order valence-electron chi connectivity index (χ2n) is 3.66. The first-order valence-corrected chi connectivity index (χ1v) is 10.5. The van der Waals surface area contributed by atoms with Crippen LogP contribution in [0.5, 0.6) is 5.75 Å². The largest absolute Gasteiger partial charge is 0.494 e. The van der Waals surface area contributed by atoms with Crippen molar-refractivity contribution >= 4 is 52.2 Å². The van der Waals surface area contributed by atoms with E-state index in [1.54, 1.807) is 25.3 Å². The van der Waals surface area contributed by atoms with E-state index in [-0.39, 0.29) is 0 Å². The van der Waals surface area contributed by atoms with Gasteiger partial charge in [0.2, 0.25) is 0 Å². The summed E-state index contributed by atoms with van der Waals surface area (Å²) >= 11 is 7.78. The summed E-state index contributed by atoms with van der Waals surface area (Å²) in [4.78, 5) is 19.7. The molecule has 0 radical (unpaired) electrons. The van der Waals surface area contributed by atoms with Crippen LogP contribution in [-0.4, -0.2) is 32.9 Å². The number of benzene rings is 1. The van der Waals surface area contributed by atoms with Crippen LogP contribution in [0.15, 0.2) is 24.3 Å². The highest BCUT2D eigenvalue weighted by atomic mass is 32.4. The van der Waals surface area contributed by atoms with Crippen molar-refractivity contribution in [2.75, 3.05) is 20.3 Å². The number of ether oxygens (including phenoxy) is 2. The number of carbonyl (C=O) groups excluding carboxylic acids is 2. The predicted octanol–water partition coefficient (Wildman–Crippen LogP) is 4.72. The zero-order valence-electron chi connectivity index (χ0n) is 14.7. The van der Waals surface area contributed by atoms with Gasteiger partial charge in [-0.1, -0.05) is 42.7 Å². The molecule has 0 aromatic heterocycles. The lowest BCUT2D eigenvalue weighted by Gasteiger charge is -2.01. The minimum absolute atomic E-state index is 0.627. The summed E-state index contributed by atoms with van der Waals surface area (Å²) in [6.45, 7) is 7.30. The third-order valence-electron chi connectivity index (χ3n) is 2.00. The molecule has 0 bridgehead atoms. The number of unbranched alkanes of at least 4 members (excludes halogenated alkanes) is 1. The van der Waals surface area contributed by atoms with Crippen LogP contribution in [0.25, 0.3) is 0 Å². The molecule has 0 unspecified atom stereocenters. The Labute approximate surface area is 160 Å². The molecular weight excluding hydrogens is 382 g/mol. The van der Waals surface area contributed by atoms with Crippen molar-refractivity contribution in [3.8, 4) is 5.75 Å². The monoisotopic (exact) mass is 410 g/mol. The van der Waals surface area contributed by atoms with Gasteiger partial charge in [0.05, 0.1) is 6.61 Å². The van der Waals surface area contributed by atoms with Gasteiger partial charge in [-0.05, 0) is 48.4 Å². The van der Waals surface area contributed by atoms with Crippen LogP contribution in [0.1, 0.15) is 44.0 Å². The fourth-order valence-corrected chi connectivity index (χ4v) is 0.962. The molecule has 0 heterocycles. The van der Waals surface area contributed by atoms with Crippen LogP contribution < -0.4 is 4.74 Å². The molecule has 4 nitrogen and oxygen atoms in total. The molecule has 0 N–H and O–H groups in total. The Morgan fingerprint density at radius 2 is 1.58 bits per heavy atom. The van der Waals surface area contributed by atoms with Crippen LogP contribution in [-0.2, 0) is 33.1 Å². The van der Waals surface area contributed by atoms with E-state index in [1.807, 2.05) is 26.8 Å². The molecule has 1 aromatic rings. The number of aldehydes is 2. The van der Waals surface area contributed by atoms with E-state index in [0.29, 0.717) is 18.6 Å². The molecule has 1 rings (SSSR count). The van der Waals surface area contributed by atoms with E-state index in [0.717, 1.165) is 31.3 Å². The highest BCUT2D eigenvalue weighted by molar-refractivity contribution is 7.89. The molecule has 0 aliphatic heterocycles. The molecule has 138 valence electrons. The van der Waals surface area contributed by atoms with Crippen LogP contribution in [0.2, 0.25) is 0 Å². The van der Waals surface area contributed by atoms with Crippen LogP contribution in [0, 0.1) is 0 Å². The molecular formula is C16H28O4P2S2. The maximum absolute atomic E-state index is 10.3. The Bertz CT molecular complexity index is 379. The van der Waals surface area contributed by atoms with Gasteiger partial charge in [0.1, 0.15) is 18.3 Å². The topological polar surface area (TPSA) is 52.6 Å². The summed E-state index contributed by atoms with van der Waals surface area (Å²) in [5.41, 5.74) is 0.649. The number of rotatable bonds is 6. The maximum Gasteiger partial charge on any atom is 0.150 e. The van der Waals surface area contributed by atoms with Gasteiger partial charge in [-0.25, -0.2) is 0 Å². The molecule has 0 aliphatic carbocycles. The molecule has 0 fully saturated rings. The van der Waals surface area contributed by atoms with Gasteiger partial charge in [-0.2, -0.15) is 0 Å². The van der Waals surface area contributed by atoms with Gasteiger partial charge in [0, 0.05) is 25.7 Å². The van der Waals surface area contributed by atoms with Crippen molar-refractivity contribution in [3.05, 3.63) is 29.8 Å². The lowest BCUT2D eigenvalue weighted by atomic mass is 10.2. The van der Waals surface area contributed by atoms with E-state index in [1.165, 1.54) is 0 Å². The average Bonchev–Trinajstić information content (AvgIpc) is 2.67.